The van der Waals surface area contributed by atoms with Gasteiger partial charge in [0.15, 0.2) is 5.54 Å². The molecule has 0 radical (unpaired) electrons. The summed E-state index contributed by atoms with van der Waals surface area (Å²) in [4.78, 5) is 22.1. The number of ether oxygens (including phenoxy) is 1. The van der Waals surface area contributed by atoms with E-state index < -0.39 is 17.6 Å². The minimum Gasteiger partial charge on any atom is -0.467 e. The summed E-state index contributed by atoms with van der Waals surface area (Å²) < 4.78 is 4.52. The summed E-state index contributed by atoms with van der Waals surface area (Å²) in [7, 11) is 1.23. The van der Waals surface area contributed by atoms with Crippen LogP contribution in [0.15, 0.2) is 0 Å². The van der Waals surface area contributed by atoms with Crippen molar-refractivity contribution in [1.29, 1.82) is 0 Å². The molecule has 1 aliphatic carbocycles. The minimum atomic E-state index is -1.19. The zero-order chi connectivity index (χ0) is 10.1. The van der Waals surface area contributed by atoms with E-state index in [0.717, 1.165) is 0 Å². The number of carbonyl (C=O) groups is 2. The Balaban J connectivity index is 2.76. The number of rotatable bonds is 2. The monoisotopic (exact) mass is 187 g/mol. The molecule has 5 nitrogen and oxygen atoms in total. The van der Waals surface area contributed by atoms with Gasteiger partial charge >= 0.3 is 5.97 Å². The molecule has 2 atom stereocenters. The van der Waals surface area contributed by atoms with Crippen molar-refractivity contribution in [2.24, 2.45) is 0 Å². The fraction of sp³-hybridized carbons (Fsp3) is 0.750. The SMILES string of the molecule is COC(=O)[C@@]1(NC(C)=O)CC[C@H]1O. The standard InChI is InChI=1S/C8H13NO4/c1-5(10)9-8(7(12)13-2)4-3-6(8)11/h6,11H,3-4H2,1-2H3,(H,9,10)/t6-,8-/m1/s1. The van der Waals surface area contributed by atoms with E-state index in [4.69, 9.17) is 0 Å². The van der Waals surface area contributed by atoms with Crippen molar-refractivity contribution in [2.75, 3.05) is 7.11 Å². The summed E-state index contributed by atoms with van der Waals surface area (Å²) in [6.45, 7) is 1.30. The molecule has 5 heteroatoms. The molecule has 0 saturated heterocycles. The molecule has 0 spiro atoms. The van der Waals surface area contributed by atoms with Gasteiger partial charge in [0.05, 0.1) is 13.2 Å². The Hall–Kier alpha value is -1.10. The maximum Gasteiger partial charge on any atom is 0.334 e. The maximum absolute atomic E-state index is 11.3. The summed E-state index contributed by atoms with van der Waals surface area (Å²) >= 11 is 0. The lowest BCUT2D eigenvalue weighted by Gasteiger charge is -2.43. The average molecular weight is 187 g/mol. The largest absolute Gasteiger partial charge is 0.467 e. The first-order valence-corrected chi connectivity index (χ1v) is 4.08. The Kier molecular flexibility index (Phi) is 2.56. The van der Waals surface area contributed by atoms with E-state index in [1.807, 2.05) is 0 Å². The van der Waals surface area contributed by atoms with Crippen LogP contribution in [-0.4, -0.2) is 35.7 Å². The molecule has 0 aliphatic heterocycles. The first-order valence-electron chi connectivity index (χ1n) is 4.08. The van der Waals surface area contributed by atoms with Gasteiger partial charge in [0.1, 0.15) is 0 Å². The predicted octanol–water partition coefficient (Wildman–Crippen LogP) is -0.811. The van der Waals surface area contributed by atoms with Crippen LogP contribution in [-0.2, 0) is 14.3 Å². The second-order valence-corrected chi connectivity index (χ2v) is 3.20. The molecule has 0 unspecified atom stereocenters. The summed E-state index contributed by atoms with van der Waals surface area (Å²) in [6, 6.07) is 0. The normalized spacial score (nSPS) is 31.8. The van der Waals surface area contributed by atoms with Crippen molar-refractivity contribution >= 4 is 11.9 Å². The van der Waals surface area contributed by atoms with Crippen molar-refractivity contribution < 1.29 is 19.4 Å². The van der Waals surface area contributed by atoms with E-state index >= 15 is 0 Å². The summed E-state index contributed by atoms with van der Waals surface area (Å²) in [5.74, 6) is -0.925. The molecule has 0 aromatic heterocycles. The molecule has 1 saturated carbocycles. The molecule has 0 bridgehead atoms. The van der Waals surface area contributed by atoms with Crippen LogP contribution in [0.4, 0.5) is 0 Å². The van der Waals surface area contributed by atoms with Crippen molar-refractivity contribution in [1.82, 2.24) is 5.32 Å². The average Bonchev–Trinajstić information content (AvgIpc) is 2.09. The Morgan fingerprint density at radius 2 is 2.23 bits per heavy atom. The number of esters is 1. The lowest BCUT2D eigenvalue weighted by Crippen LogP contribution is -2.68. The highest BCUT2D eigenvalue weighted by molar-refractivity contribution is 5.88. The van der Waals surface area contributed by atoms with Crippen molar-refractivity contribution in [2.45, 2.75) is 31.4 Å². The van der Waals surface area contributed by atoms with Gasteiger partial charge in [-0.25, -0.2) is 4.79 Å². The summed E-state index contributed by atoms with van der Waals surface area (Å²) in [6.07, 6.45) is 0.111. The van der Waals surface area contributed by atoms with Gasteiger partial charge in [0, 0.05) is 6.92 Å². The van der Waals surface area contributed by atoms with Crippen molar-refractivity contribution in [3.05, 3.63) is 0 Å². The van der Waals surface area contributed by atoms with Crippen LogP contribution in [0.3, 0.4) is 0 Å². The highest BCUT2D eigenvalue weighted by Gasteiger charge is 2.54. The fourth-order valence-electron chi connectivity index (χ4n) is 1.49. The topological polar surface area (TPSA) is 75.6 Å². The third kappa shape index (κ3) is 1.51. The smallest absolute Gasteiger partial charge is 0.334 e. The predicted molar refractivity (Wildman–Crippen MR) is 43.8 cm³/mol. The van der Waals surface area contributed by atoms with Gasteiger partial charge in [-0.2, -0.15) is 0 Å². The van der Waals surface area contributed by atoms with E-state index in [9.17, 15) is 14.7 Å². The zero-order valence-corrected chi connectivity index (χ0v) is 7.66. The number of aliphatic hydroxyl groups is 1. The molecule has 1 amide bonds. The Labute approximate surface area is 76.1 Å². The first kappa shape index (κ1) is 9.98. The Bertz CT molecular complexity index is 240. The number of aliphatic hydroxyl groups excluding tert-OH is 1. The van der Waals surface area contributed by atoms with Crippen LogP contribution in [0.1, 0.15) is 19.8 Å². The number of nitrogens with one attached hydrogen (secondary N) is 1. The van der Waals surface area contributed by atoms with Gasteiger partial charge in [-0.1, -0.05) is 0 Å². The Morgan fingerprint density at radius 1 is 1.62 bits per heavy atom. The van der Waals surface area contributed by atoms with Crippen molar-refractivity contribution in [3.8, 4) is 0 Å². The van der Waals surface area contributed by atoms with Crippen molar-refractivity contribution in [3.63, 3.8) is 0 Å². The maximum atomic E-state index is 11.3. The number of amides is 1. The molecule has 74 valence electrons. The molecule has 1 rings (SSSR count). The Morgan fingerprint density at radius 3 is 2.46 bits per heavy atom. The molecular weight excluding hydrogens is 174 g/mol. The van der Waals surface area contributed by atoms with E-state index in [1.165, 1.54) is 14.0 Å². The number of carbonyl (C=O) groups excluding carboxylic acids is 2. The number of hydrogen-bond acceptors (Lipinski definition) is 4. The number of hydrogen-bond donors (Lipinski definition) is 2. The molecule has 0 heterocycles. The summed E-state index contributed by atoms with van der Waals surface area (Å²) in [5.41, 5.74) is -1.19. The van der Waals surface area contributed by atoms with E-state index in [-0.39, 0.29) is 5.91 Å². The van der Waals surface area contributed by atoms with Gasteiger partial charge in [0.2, 0.25) is 5.91 Å². The zero-order valence-electron chi connectivity index (χ0n) is 7.66. The molecule has 1 aliphatic rings. The third-order valence-corrected chi connectivity index (χ3v) is 2.33. The van der Waals surface area contributed by atoms with Crippen LogP contribution in [0.5, 0.6) is 0 Å². The van der Waals surface area contributed by atoms with E-state index in [0.29, 0.717) is 12.8 Å². The first-order chi connectivity index (χ1) is 6.03. The van der Waals surface area contributed by atoms with Crippen LogP contribution >= 0.6 is 0 Å². The van der Waals surface area contributed by atoms with E-state index in [1.54, 1.807) is 0 Å². The van der Waals surface area contributed by atoms with E-state index in [2.05, 4.69) is 10.1 Å². The second-order valence-electron chi connectivity index (χ2n) is 3.20. The molecule has 1 fully saturated rings. The number of methoxy groups -OCH3 is 1. The molecule has 0 aromatic carbocycles. The van der Waals surface area contributed by atoms with Gasteiger partial charge < -0.3 is 15.2 Å². The molecule has 2 N–H and O–H groups in total. The highest BCUT2D eigenvalue weighted by atomic mass is 16.5. The van der Waals surface area contributed by atoms with Crippen LogP contribution in [0.2, 0.25) is 0 Å². The quantitative estimate of drug-likeness (QED) is 0.554. The summed E-state index contributed by atoms with van der Waals surface area (Å²) in [5, 5.41) is 11.8. The lowest BCUT2D eigenvalue weighted by atomic mass is 9.73. The van der Waals surface area contributed by atoms with Gasteiger partial charge in [-0.15, -0.1) is 0 Å². The van der Waals surface area contributed by atoms with Gasteiger partial charge in [0.25, 0.3) is 0 Å². The lowest BCUT2D eigenvalue weighted by molar-refractivity contribution is -0.165. The minimum absolute atomic E-state index is 0.343. The fourth-order valence-corrected chi connectivity index (χ4v) is 1.49. The second kappa shape index (κ2) is 3.33. The van der Waals surface area contributed by atoms with Crippen LogP contribution in [0.25, 0.3) is 0 Å². The third-order valence-electron chi connectivity index (χ3n) is 2.33. The van der Waals surface area contributed by atoms with Gasteiger partial charge in [-0.3, -0.25) is 4.79 Å². The molecule has 0 aromatic rings. The highest BCUT2D eigenvalue weighted by Crippen LogP contribution is 2.33. The van der Waals surface area contributed by atoms with Crippen LogP contribution < -0.4 is 5.32 Å². The van der Waals surface area contributed by atoms with Gasteiger partial charge in [-0.05, 0) is 12.8 Å². The molecular formula is C8H13NO4. The molecule has 13 heavy (non-hydrogen) atoms. The van der Waals surface area contributed by atoms with Crippen LogP contribution in [0, 0.1) is 0 Å².